The molecule has 0 N–H and O–H groups in total. The summed E-state index contributed by atoms with van der Waals surface area (Å²) in [5.74, 6) is 0. The van der Waals surface area contributed by atoms with Crippen LogP contribution in [-0.2, 0) is 0 Å². The molecule has 0 aromatic heterocycles. The number of fused-ring (bicyclic) bond motifs is 3. The van der Waals surface area contributed by atoms with Crippen LogP contribution in [0.3, 0.4) is 0 Å². The Morgan fingerprint density at radius 1 is 0.789 bits per heavy atom. The highest BCUT2D eigenvalue weighted by atomic mass is 15.1. The predicted molar refractivity (Wildman–Crippen MR) is 83.6 cm³/mol. The molecule has 1 heteroatoms. The van der Waals surface area contributed by atoms with Gasteiger partial charge in [0, 0.05) is 6.04 Å². The van der Waals surface area contributed by atoms with Gasteiger partial charge in [-0.3, -0.25) is 0 Å². The van der Waals surface area contributed by atoms with Gasteiger partial charge >= 0.3 is 0 Å². The molecule has 0 aliphatic rings. The van der Waals surface area contributed by atoms with E-state index in [1.54, 1.807) is 0 Å². The molecule has 0 aliphatic carbocycles. The zero-order chi connectivity index (χ0) is 13.4. The lowest BCUT2D eigenvalue weighted by molar-refractivity contribution is 0.323. The number of rotatable bonds is 2. The van der Waals surface area contributed by atoms with Crippen LogP contribution in [0.5, 0.6) is 0 Å². The smallest absolute Gasteiger partial charge is 0.0320 e. The van der Waals surface area contributed by atoms with Gasteiger partial charge in [-0.1, -0.05) is 48.5 Å². The summed E-state index contributed by atoms with van der Waals surface area (Å²) < 4.78 is 0. The van der Waals surface area contributed by atoms with Gasteiger partial charge in [-0.15, -0.1) is 0 Å². The molecule has 0 radical (unpaired) electrons. The molecule has 3 rings (SSSR count). The minimum absolute atomic E-state index is 0.412. The summed E-state index contributed by atoms with van der Waals surface area (Å²) in [6.07, 6.45) is 0. The summed E-state index contributed by atoms with van der Waals surface area (Å²) in [6, 6.07) is 20.1. The maximum Gasteiger partial charge on any atom is 0.0320 e. The summed E-state index contributed by atoms with van der Waals surface area (Å²) >= 11 is 0. The minimum Gasteiger partial charge on any atom is -0.303 e. The SMILES string of the molecule is CC(c1cc2ccccc2c2ccccc12)N(C)C. The Balaban J connectivity index is 2.42. The van der Waals surface area contributed by atoms with Crippen LogP contribution < -0.4 is 0 Å². The zero-order valence-corrected chi connectivity index (χ0v) is 11.7. The molecular weight excluding hydrogens is 230 g/mol. The van der Waals surface area contributed by atoms with E-state index in [0.29, 0.717) is 6.04 Å². The van der Waals surface area contributed by atoms with Crippen LogP contribution in [0.1, 0.15) is 18.5 Å². The molecule has 3 aromatic carbocycles. The fourth-order valence-electron chi connectivity index (χ4n) is 2.71. The Kier molecular flexibility index (Phi) is 3.00. The van der Waals surface area contributed by atoms with Crippen molar-refractivity contribution in [3.63, 3.8) is 0 Å². The van der Waals surface area contributed by atoms with E-state index in [1.165, 1.54) is 27.1 Å². The molecule has 1 unspecified atom stereocenters. The molecule has 0 saturated carbocycles. The van der Waals surface area contributed by atoms with Crippen molar-refractivity contribution in [3.05, 3.63) is 60.2 Å². The van der Waals surface area contributed by atoms with Gasteiger partial charge < -0.3 is 4.90 Å². The Morgan fingerprint density at radius 3 is 2.05 bits per heavy atom. The minimum atomic E-state index is 0.412. The topological polar surface area (TPSA) is 3.24 Å². The first kappa shape index (κ1) is 12.2. The maximum atomic E-state index is 2.34. The number of benzene rings is 3. The summed E-state index contributed by atoms with van der Waals surface area (Å²) in [7, 11) is 4.27. The van der Waals surface area contributed by atoms with Crippen molar-refractivity contribution in [2.75, 3.05) is 14.1 Å². The monoisotopic (exact) mass is 249 g/mol. The van der Waals surface area contributed by atoms with E-state index in [1.807, 2.05) is 0 Å². The molecule has 0 bridgehead atoms. The molecule has 19 heavy (non-hydrogen) atoms. The molecular formula is C18H19N. The average Bonchev–Trinajstić information content (AvgIpc) is 2.45. The number of nitrogens with zero attached hydrogens (tertiary/aromatic N) is 1. The molecule has 0 spiro atoms. The van der Waals surface area contributed by atoms with E-state index < -0.39 is 0 Å². The summed E-state index contributed by atoms with van der Waals surface area (Å²) in [5, 5.41) is 5.38. The fourth-order valence-corrected chi connectivity index (χ4v) is 2.71. The number of hydrogen-bond acceptors (Lipinski definition) is 1. The fraction of sp³-hybridized carbons (Fsp3) is 0.222. The van der Waals surface area contributed by atoms with Crippen LogP contribution in [0.25, 0.3) is 21.5 Å². The quantitative estimate of drug-likeness (QED) is 0.599. The molecule has 1 atom stereocenters. The maximum absolute atomic E-state index is 2.34. The van der Waals surface area contributed by atoms with Crippen LogP contribution in [0.4, 0.5) is 0 Å². The lowest BCUT2D eigenvalue weighted by Crippen LogP contribution is -2.17. The Bertz CT molecular complexity index is 728. The van der Waals surface area contributed by atoms with E-state index in [-0.39, 0.29) is 0 Å². The highest BCUT2D eigenvalue weighted by Gasteiger charge is 2.13. The van der Waals surface area contributed by atoms with Crippen molar-refractivity contribution in [3.8, 4) is 0 Å². The highest BCUT2D eigenvalue weighted by molar-refractivity contribution is 6.09. The molecule has 0 saturated heterocycles. The van der Waals surface area contributed by atoms with Gasteiger partial charge in [0.2, 0.25) is 0 Å². The van der Waals surface area contributed by atoms with E-state index in [9.17, 15) is 0 Å². The lowest BCUT2D eigenvalue weighted by atomic mass is 9.94. The summed E-state index contributed by atoms with van der Waals surface area (Å²) in [4.78, 5) is 2.26. The van der Waals surface area contributed by atoms with E-state index in [0.717, 1.165) is 0 Å². The van der Waals surface area contributed by atoms with Crippen LogP contribution in [-0.4, -0.2) is 19.0 Å². The molecule has 3 aromatic rings. The second kappa shape index (κ2) is 4.67. The average molecular weight is 249 g/mol. The van der Waals surface area contributed by atoms with Gasteiger partial charge in [0.1, 0.15) is 0 Å². The zero-order valence-electron chi connectivity index (χ0n) is 11.7. The first-order valence-electron chi connectivity index (χ1n) is 6.75. The van der Waals surface area contributed by atoms with Gasteiger partial charge in [0.25, 0.3) is 0 Å². The Hall–Kier alpha value is -1.86. The number of hydrogen-bond donors (Lipinski definition) is 0. The predicted octanol–water partition coefficient (Wildman–Crippen LogP) is 4.62. The van der Waals surface area contributed by atoms with Crippen molar-refractivity contribution in [1.29, 1.82) is 0 Å². The standard InChI is InChI=1S/C18H19N/c1-13(19(2)3)18-12-14-8-4-5-9-15(14)16-10-6-7-11-17(16)18/h4-13H,1-3H3. The summed E-state index contributed by atoms with van der Waals surface area (Å²) in [5.41, 5.74) is 1.40. The third kappa shape index (κ3) is 2.00. The van der Waals surface area contributed by atoms with Crippen molar-refractivity contribution < 1.29 is 0 Å². The largest absolute Gasteiger partial charge is 0.303 e. The van der Waals surface area contributed by atoms with E-state index >= 15 is 0 Å². The second-order valence-corrected chi connectivity index (χ2v) is 5.37. The second-order valence-electron chi connectivity index (χ2n) is 5.37. The normalized spacial score (nSPS) is 13.3. The third-order valence-corrected chi connectivity index (χ3v) is 4.02. The van der Waals surface area contributed by atoms with Crippen molar-refractivity contribution in [2.45, 2.75) is 13.0 Å². The molecule has 0 heterocycles. The highest BCUT2D eigenvalue weighted by Crippen LogP contribution is 2.33. The van der Waals surface area contributed by atoms with Crippen LogP contribution in [0, 0.1) is 0 Å². The van der Waals surface area contributed by atoms with Crippen LogP contribution in [0.15, 0.2) is 54.6 Å². The Labute approximate surface area is 114 Å². The first-order chi connectivity index (χ1) is 9.18. The first-order valence-corrected chi connectivity index (χ1v) is 6.75. The molecule has 0 fully saturated rings. The van der Waals surface area contributed by atoms with E-state index in [2.05, 4.69) is 80.5 Å². The molecule has 0 amide bonds. The van der Waals surface area contributed by atoms with Gasteiger partial charge in [-0.25, -0.2) is 0 Å². The Morgan fingerprint density at radius 2 is 1.37 bits per heavy atom. The van der Waals surface area contributed by atoms with Gasteiger partial charge in [0.05, 0.1) is 0 Å². The lowest BCUT2D eigenvalue weighted by Gasteiger charge is -2.22. The van der Waals surface area contributed by atoms with E-state index in [4.69, 9.17) is 0 Å². The van der Waals surface area contributed by atoms with Crippen molar-refractivity contribution >= 4 is 21.5 Å². The van der Waals surface area contributed by atoms with Crippen LogP contribution in [0.2, 0.25) is 0 Å². The van der Waals surface area contributed by atoms with Gasteiger partial charge in [-0.05, 0) is 54.2 Å². The molecule has 0 aliphatic heterocycles. The third-order valence-electron chi connectivity index (χ3n) is 4.02. The van der Waals surface area contributed by atoms with Crippen LogP contribution >= 0.6 is 0 Å². The van der Waals surface area contributed by atoms with Crippen molar-refractivity contribution in [2.24, 2.45) is 0 Å². The molecule has 1 nitrogen and oxygen atoms in total. The van der Waals surface area contributed by atoms with Crippen molar-refractivity contribution in [1.82, 2.24) is 4.90 Å². The molecule has 96 valence electrons. The van der Waals surface area contributed by atoms with Gasteiger partial charge in [0.15, 0.2) is 0 Å². The summed E-state index contributed by atoms with van der Waals surface area (Å²) in [6.45, 7) is 2.26. The van der Waals surface area contributed by atoms with Gasteiger partial charge in [-0.2, -0.15) is 0 Å².